The molecule has 0 bridgehead atoms. The summed E-state index contributed by atoms with van der Waals surface area (Å²) in [7, 11) is -3.63. The molecule has 2 aromatic carbocycles. The Labute approximate surface area is 165 Å². The van der Waals surface area contributed by atoms with Gasteiger partial charge in [0.15, 0.2) is 0 Å². The second-order valence-electron chi connectivity index (χ2n) is 7.15. The van der Waals surface area contributed by atoms with E-state index in [1.807, 2.05) is 12.1 Å². The summed E-state index contributed by atoms with van der Waals surface area (Å²) >= 11 is 0. The Bertz CT molecular complexity index is 982. The Hall–Kier alpha value is -2.22. The summed E-state index contributed by atoms with van der Waals surface area (Å²) in [5, 5.41) is 2.98. The molecule has 7 heteroatoms. The van der Waals surface area contributed by atoms with Gasteiger partial charge in [0.25, 0.3) is 5.91 Å². The average molecular weight is 401 g/mol. The zero-order chi connectivity index (χ0) is 19.6. The van der Waals surface area contributed by atoms with Crippen molar-refractivity contribution in [3.8, 4) is 0 Å². The largest absolute Gasteiger partial charge is 0.379 e. The number of anilines is 1. The summed E-state index contributed by atoms with van der Waals surface area (Å²) in [4.78, 5) is 13.0. The maximum atomic E-state index is 12.9. The standard InChI is InChI=1S/C21H24N2O4S/c24-21(22-20-10-4-6-16-5-1-2-9-19(16)20)17-7-3-8-18(15-17)28(25,26)23-11-13-27-14-12-23/h3-4,6-8,10,15H,1-2,5,9,11-14H2,(H,22,24). The number of morpholine rings is 1. The molecule has 0 saturated carbocycles. The van der Waals surface area contributed by atoms with Gasteiger partial charge in [-0.05, 0) is 61.1 Å². The van der Waals surface area contributed by atoms with Crippen LogP contribution in [0.2, 0.25) is 0 Å². The molecule has 2 aromatic rings. The summed E-state index contributed by atoms with van der Waals surface area (Å²) in [5.74, 6) is -0.294. The van der Waals surface area contributed by atoms with Gasteiger partial charge in [0.1, 0.15) is 0 Å². The molecule has 0 spiro atoms. The van der Waals surface area contributed by atoms with Crippen LogP contribution in [0.1, 0.15) is 34.3 Å². The SMILES string of the molecule is O=C(Nc1cccc2c1CCCC2)c1cccc(S(=O)(=O)N2CCOCC2)c1. The quantitative estimate of drug-likeness (QED) is 0.856. The van der Waals surface area contributed by atoms with Crippen molar-refractivity contribution in [2.45, 2.75) is 30.6 Å². The second kappa shape index (κ2) is 8.03. The minimum Gasteiger partial charge on any atom is -0.379 e. The van der Waals surface area contributed by atoms with Crippen molar-refractivity contribution in [1.29, 1.82) is 0 Å². The van der Waals surface area contributed by atoms with Gasteiger partial charge >= 0.3 is 0 Å². The van der Waals surface area contributed by atoms with Gasteiger partial charge in [-0.25, -0.2) is 8.42 Å². The molecule has 0 unspecified atom stereocenters. The van der Waals surface area contributed by atoms with Crippen LogP contribution in [-0.4, -0.2) is 44.9 Å². The molecular weight excluding hydrogens is 376 g/mol. The lowest BCUT2D eigenvalue weighted by Crippen LogP contribution is -2.40. The van der Waals surface area contributed by atoms with Gasteiger partial charge in [0.05, 0.1) is 18.1 Å². The molecule has 1 fully saturated rings. The zero-order valence-electron chi connectivity index (χ0n) is 15.7. The topological polar surface area (TPSA) is 75.7 Å². The minimum absolute atomic E-state index is 0.136. The van der Waals surface area contributed by atoms with Crippen molar-refractivity contribution in [3.05, 3.63) is 59.2 Å². The maximum Gasteiger partial charge on any atom is 0.255 e. The number of sulfonamides is 1. The third-order valence-corrected chi connectivity index (χ3v) is 7.24. The third kappa shape index (κ3) is 3.83. The Morgan fingerprint density at radius 1 is 1.00 bits per heavy atom. The number of hydrogen-bond acceptors (Lipinski definition) is 4. The summed E-state index contributed by atoms with van der Waals surface area (Å²) in [6.07, 6.45) is 4.28. The number of benzene rings is 2. The number of carbonyl (C=O) groups excluding carboxylic acids is 1. The van der Waals surface area contributed by atoms with Crippen molar-refractivity contribution < 1.29 is 17.9 Å². The van der Waals surface area contributed by atoms with Gasteiger partial charge in [-0.1, -0.05) is 18.2 Å². The fourth-order valence-corrected chi connectivity index (χ4v) is 5.28. The highest BCUT2D eigenvalue weighted by Gasteiger charge is 2.27. The highest BCUT2D eigenvalue weighted by molar-refractivity contribution is 7.89. The van der Waals surface area contributed by atoms with Crippen LogP contribution < -0.4 is 5.32 Å². The van der Waals surface area contributed by atoms with Crippen LogP contribution in [0.4, 0.5) is 5.69 Å². The monoisotopic (exact) mass is 400 g/mol. The number of nitrogens with zero attached hydrogens (tertiary/aromatic N) is 1. The molecule has 1 aliphatic heterocycles. The molecule has 1 saturated heterocycles. The number of ether oxygens (including phenoxy) is 1. The number of nitrogens with one attached hydrogen (secondary N) is 1. The number of carbonyl (C=O) groups is 1. The average Bonchev–Trinajstić information content (AvgIpc) is 2.75. The molecule has 1 N–H and O–H groups in total. The van der Waals surface area contributed by atoms with Crippen LogP contribution in [0.25, 0.3) is 0 Å². The second-order valence-corrected chi connectivity index (χ2v) is 9.09. The van der Waals surface area contributed by atoms with Gasteiger partial charge in [0, 0.05) is 24.3 Å². The lowest BCUT2D eigenvalue weighted by Gasteiger charge is -2.26. The summed E-state index contributed by atoms with van der Waals surface area (Å²) in [6, 6.07) is 12.2. The fourth-order valence-electron chi connectivity index (χ4n) is 3.83. The van der Waals surface area contributed by atoms with E-state index in [-0.39, 0.29) is 10.8 Å². The van der Waals surface area contributed by atoms with Gasteiger partial charge < -0.3 is 10.1 Å². The van der Waals surface area contributed by atoms with E-state index >= 15 is 0 Å². The first kappa shape index (κ1) is 19.1. The number of amides is 1. The van der Waals surface area contributed by atoms with Gasteiger partial charge in [-0.3, -0.25) is 4.79 Å². The van der Waals surface area contributed by atoms with Crippen LogP contribution in [-0.2, 0) is 27.6 Å². The molecule has 2 aliphatic rings. The molecule has 148 valence electrons. The van der Waals surface area contributed by atoms with E-state index in [1.165, 1.54) is 34.0 Å². The predicted molar refractivity (Wildman–Crippen MR) is 107 cm³/mol. The summed E-state index contributed by atoms with van der Waals surface area (Å²) in [5.41, 5.74) is 3.64. The smallest absolute Gasteiger partial charge is 0.255 e. The highest BCUT2D eigenvalue weighted by Crippen LogP contribution is 2.28. The van der Waals surface area contributed by atoms with E-state index in [0.29, 0.717) is 31.9 Å². The van der Waals surface area contributed by atoms with Crippen molar-refractivity contribution >= 4 is 21.6 Å². The van der Waals surface area contributed by atoms with E-state index in [4.69, 9.17) is 4.74 Å². The molecular formula is C21H24N2O4S. The fraction of sp³-hybridized carbons (Fsp3) is 0.381. The first-order valence-electron chi connectivity index (χ1n) is 9.66. The van der Waals surface area contributed by atoms with Crippen molar-refractivity contribution in [2.24, 2.45) is 0 Å². The lowest BCUT2D eigenvalue weighted by atomic mass is 9.90. The van der Waals surface area contributed by atoms with E-state index in [0.717, 1.165) is 24.9 Å². The molecule has 0 radical (unpaired) electrons. The van der Waals surface area contributed by atoms with E-state index in [9.17, 15) is 13.2 Å². The number of fused-ring (bicyclic) bond motifs is 1. The molecule has 1 heterocycles. The number of hydrogen-bond donors (Lipinski definition) is 1. The van der Waals surface area contributed by atoms with Crippen molar-refractivity contribution in [1.82, 2.24) is 4.31 Å². The Balaban J connectivity index is 1.57. The third-order valence-electron chi connectivity index (χ3n) is 5.35. The summed E-state index contributed by atoms with van der Waals surface area (Å²) < 4.78 is 32.3. The van der Waals surface area contributed by atoms with Crippen molar-refractivity contribution in [3.63, 3.8) is 0 Å². The number of rotatable bonds is 4. The van der Waals surface area contributed by atoms with Crippen LogP contribution in [0, 0.1) is 0 Å². The van der Waals surface area contributed by atoms with Crippen LogP contribution in [0.5, 0.6) is 0 Å². The first-order valence-corrected chi connectivity index (χ1v) is 11.1. The van der Waals surface area contributed by atoms with Gasteiger partial charge in [0.2, 0.25) is 10.0 Å². The molecule has 4 rings (SSSR count). The normalized spacial score (nSPS) is 17.7. The highest BCUT2D eigenvalue weighted by atomic mass is 32.2. The Morgan fingerprint density at radius 2 is 1.75 bits per heavy atom. The molecule has 0 aromatic heterocycles. The Morgan fingerprint density at radius 3 is 2.57 bits per heavy atom. The van der Waals surface area contributed by atoms with E-state index < -0.39 is 10.0 Å². The molecule has 0 atom stereocenters. The molecule has 6 nitrogen and oxygen atoms in total. The lowest BCUT2D eigenvalue weighted by molar-refractivity contribution is 0.0730. The Kier molecular flexibility index (Phi) is 5.48. The van der Waals surface area contributed by atoms with Crippen molar-refractivity contribution in [2.75, 3.05) is 31.6 Å². The van der Waals surface area contributed by atoms with Crippen LogP contribution >= 0.6 is 0 Å². The first-order chi connectivity index (χ1) is 13.6. The predicted octanol–water partition coefficient (Wildman–Crippen LogP) is 2.84. The summed E-state index contributed by atoms with van der Waals surface area (Å²) in [6.45, 7) is 1.43. The molecule has 28 heavy (non-hydrogen) atoms. The zero-order valence-corrected chi connectivity index (χ0v) is 16.5. The van der Waals surface area contributed by atoms with Gasteiger partial charge in [-0.2, -0.15) is 4.31 Å². The maximum absolute atomic E-state index is 12.9. The van der Waals surface area contributed by atoms with Crippen LogP contribution in [0.3, 0.4) is 0 Å². The van der Waals surface area contributed by atoms with Crippen LogP contribution in [0.15, 0.2) is 47.4 Å². The van der Waals surface area contributed by atoms with Gasteiger partial charge in [-0.15, -0.1) is 0 Å². The van der Waals surface area contributed by atoms with E-state index in [2.05, 4.69) is 11.4 Å². The molecule has 1 amide bonds. The molecule has 1 aliphatic carbocycles. The minimum atomic E-state index is -3.63. The van der Waals surface area contributed by atoms with E-state index in [1.54, 1.807) is 12.1 Å². The number of aryl methyl sites for hydroxylation is 1.